The summed E-state index contributed by atoms with van der Waals surface area (Å²) in [4.78, 5) is 6.24. The number of rotatable bonds is 5. The van der Waals surface area contributed by atoms with Gasteiger partial charge in [0.05, 0.1) is 23.0 Å². The number of ether oxygens (including phenoxy) is 2. The minimum Gasteiger partial charge on any atom is -0.406 e. The molecule has 0 spiro atoms. The normalized spacial score (nSPS) is 13.8. The molecule has 3 rings (SSSR count). The number of para-hydroxylation sites is 1. The molecule has 27 heavy (non-hydrogen) atoms. The summed E-state index contributed by atoms with van der Waals surface area (Å²) in [7, 11) is 1.58. The molecule has 0 bridgehead atoms. The van der Waals surface area contributed by atoms with Crippen molar-refractivity contribution in [3.63, 3.8) is 0 Å². The maximum absolute atomic E-state index is 12.6. The van der Waals surface area contributed by atoms with Crippen LogP contribution in [0.25, 0.3) is 0 Å². The van der Waals surface area contributed by atoms with Crippen LogP contribution in [0, 0.1) is 0 Å². The van der Waals surface area contributed by atoms with Crippen LogP contribution in [0.3, 0.4) is 0 Å². The van der Waals surface area contributed by atoms with Crippen molar-refractivity contribution in [2.24, 2.45) is 4.99 Å². The topological polar surface area (TPSA) is 46.1 Å². The first-order chi connectivity index (χ1) is 12.9. The Labute approximate surface area is 159 Å². The van der Waals surface area contributed by atoms with Gasteiger partial charge in [0.15, 0.2) is 0 Å². The maximum Gasteiger partial charge on any atom is 0.573 e. The number of amidine groups is 1. The van der Waals surface area contributed by atoms with Gasteiger partial charge in [0, 0.05) is 25.3 Å². The predicted octanol–water partition coefficient (Wildman–Crippen LogP) is 4.33. The van der Waals surface area contributed by atoms with Crippen LogP contribution < -0.4 is 15.0 Å². The molecule has 5 nitrogen and oxygen atoms in total. The lowest BCUT2D eigenvalue weighted by atomic mass is 10.1. The van der Waals surface area contributed by atoms with Crippen molar-refractivity contribution in [1.82, 2.24) is 5.32 Å². The van der Waals surface area contributed by atoms with Crippen molar-refractivity contribution in [2.75, 3.05) is 31.8 Å². The number of methoxy groups -OCH3 is 1. The molecule has 1 aliphatic heterocycles. The quantitative estimate of drug-likeness (QED) is 0.760. The number of hydrogen-bond acceptors (Lipinski definition) is 5. The fourth-order valence-electron chi connectivity index (χ4n) is 2.73. The zero-order valence-electron chi connectivity index (χ0n) is 14.4. The Hall–Kier alpha value is -2.45. The van der Waals surface area contributed by atoms with Gasteiger partial charge in [-0.15, -0.1) is 13.2 Å². The Morgan fingerprint density at radius 3 is 2.67 bits per heavy atom. The third-order valence-corrected chi connectivity index (χ3v) is 4.18. The number of nitrogens with one attached hydrogen (secondary N) is 1. The summed E-state index contributed by atoms with van der Waals surface area (Å²) in [6, 6.07) is 11.2. The fraction of sp³-hybridized carbons (Fsp3) is 0.278. The van der Waals surface area contributed by atoms with Gasteiger partial charge < -0.3 is 19.7 Å². The highest BCUT2D eigenvalue weighted by Gasteiger charge is 2.32. The van der Waals surface area contributed by atoms with Crippen molar-refractivity contribution in [2.45, 2.75) is 6.36 Å². The van der Waals surface area contributed by atoms with E-state index in [4.69, 9.17) is 16.3 Å². The largest absolute Gasteiger partial charge is 0.573 e. The fourth-order valence-corrected chi connectivity index (χ4v) is 2.97. The van der Waals surface area contributed by atoms with Crippen LogP contribution in [-0.2, 0) is 4.74 Å². The SMILES string of the molecule is COCCNC1=NCN(c2ccccc2Cl)c2cc(OC(F)(F)F)ccc21. The number of hydrogen-bond donors (Lipinski definition) is 1. The van der Waals surface area contributed by atoms with E-state index in [0.29, 0.717) is 40.9 Å². The van der Waals surface area contributed by atoms with Gasteiger partial charge in [0.2, 0.25) is 0 Å². The van der Waals surface area contributed by atoms with Crippen LogP contribution in [-0.4, -0.2) is 39.1 Å². The van der Waals surface area contributed by atoms with Crippen LogP contribution in [0.4, 0.5) is 24.5 Å². The highest BCUT2D eigenvalue weighted by Crippen LogP contribution is 2.38. The Morgan fingerprint density at radius 2 is 1.96 bits per heavy atom. The lowest BCUT2D eigenvalue weighted by molar-refractivity contribution is -0.274. The second kappa shape index (κ2) is 8.06. The van der Waals surface area contributed by atoms with E-state index in [1.165, 1.54) is 18.2 Å². The number of benzene rings is 2. The minimum absolute atomic E-state index is 0.196. The Morgan fingerprint density at radius 1 is 1.19 bits per heavy atom. The van der Waals surface area contributed by atoms with Gasteiger partial charge >= 0.3 is 6.36 Å². The number of alkyl halides is 3. The predicted molar refractivity (Wildman–Crippen MR) is 98.0 cm³/mol. The van der Waals surface area contributed by atoms with Crippen molar-refractivity contribution < 1.29 is 22.6 Å². The van der Waals surface area contributed by atoms with E-state index in [9.17, 15) is 13.2 Å². The first-order valence-electron chi connectivity index (χ1n) is 8.08. The van der Waals surface area contributed by atoms with Crippen LogP contribution in [0.1, 0.15) is 5.56 Å². The van der Waals surface area contributed by atoms with Crippen molar-refractivity contribution >= 4 is 28.8 Å². The molecule has 1 aliphatic rings. The van der Waals surface area contributed by atoms with Crippen LogP contribution in [0.15, 0.2) is 47.5 Å². The number of halogens is 4. The molecular formula is C18H17ClF3N3O2. The van der Waals surface area contributed by atoms with Gasteiger partial charge in [-0.25, -0.2) is 4.99 Å². The third-order valence-electron chi connectivity index (χ3n) is 3.86. The lowest BCUT2D eigenvalue weighted by Gasteiger charge is -2.31. The summed E-state index contributed by atoms with van der Waals surface area (Å²) in [5.74, 6) is 0.264. The standard InChI is InChI=1S/C18H17ClF3N3O2/c1-26-9-8-23-17-13-7-6-12(27-18(20,21)22)10-16(13)25(11-24-17)15-5-3-2-4-14(15)19/h2-7,10H,8-9,11H2,1H3,(H,23,24). The molecule has 2 aromatic carbocycles. The number of anilines is 2. The lowest BCUT2D eigenvalue weighted by Crippen LogP contribution is -2.35. The molecule has 1 heterocycles. The van der Waals surface area contributed by atoms with Crippen LogP contribution in [0.5, 0.6) is 5.75 Å². The number of nitrogens with zero attached hydrogens (tertiary/aromatic N) is 2. The molecular weight excluding hydrogens is 383 g/mol. The van der Waals surface area contributed by atoms with Crippen molar-refractivity contribution in [1.29, 1.82) is 0 Å². The average Bonchev–Trinajstić information content (AvgIpc) is 2.61. The van der Waals surface area contributed by atoms with Gasteiger partial charge in [-0.05, 0) is 24.3 Å². The number of aliphatic imine (C=N–C) groups is 1. The van der Waals surface area contributed by atoms with Crippen molar-refractivity contribution in [3.05, 3.63) is 53.1 Å². The van der Waals surface area contributed by atoms with Gasteiger partial charge in [-0.1, -0.05) is 23.7 Å². The second-order valence-corrected chi connectivity index (χ2v) is 6.08. The molecule has 0 unspecified atom stereocenters. The first-order valence-corrected chi connectivity index (χ1v) is 8.46. The highest BCUT2D eigenvalue weighted by molar-refractivity contribution is 6.33. The summed E-state index contributed by atoms with van der Waals surface area (Å²) < 4.78 is 47.0. The molecule has 0 saturated heterocycles. The molecule has 0 aromatic heterocycles. The van der Waals surface area contributed by atoms with E-state index >= 15 is 0 Å². The molecule has 0 aliphatic carbocycles. The van der Waals surface area contributed by atoms with Gasteiger partial charge in [0.1, 0.15) is 18.3 Å². The summed E-state index contributed by atoms with van der Waals surface area (Å²) in [5.41, 5.74) is 1.80. The Bertz CT molecular complexity index is 843. The minimum atomic E-state index is -4.77. The average molecular weight is 400 g/mol. The highest BCUT2D eigenvalue weighted by atomic mass is 35.5. The molecule has 144 valence electrons. The summed E-state index contributed by atoms with van der Waals surface area (Å²) in [6.07, 6.45) is -4.77. The Kier molecular flexibility index (Phi) is 5.76. The van der Waals surface area contributed by atoms with Gasteiger partial charge in [-0.3, -0.25) is 0 Å². The van der Waals surface area contributed by atoms with E-state index < -0.39 is 6.36 Å². The molecule has 9 heteroatoms. The van der Waals surface area contributed by atoms with Gasteiger partial charge in [0.25, 0.3) is 0 Å². The van der Waals surface area contributed by atoms with Crippen molar-refractivity contribution in [3.8, 4) is 5.75 Å². The molecule has 0 atom stereocenters. The molecule has 0 saturated carbocycles. The molecule has 1 N–H and O–H groups in total. The van der Waals surface area contributed by atoms with E-state index in [2.05, 4.69) is 15.0 Å². The van der Waals surface area contributed by atoms with E-state index in [0.717, 1.165) is 0 Å². The number of fused-ring (bicyclic) bond motifs is 1. The first kappa shape index (κ1) is 19.3. The molecule has 0 fully saturated rings. The molecule has 2 aromatic rings. The van der Waals surface area contributed by atoms with E-state index in [1.807, 2.05) is 0 Å². The zero-order chi connectivity index (χ0) is 19.4. The summed E-state index contributed by atoms with van der Waals surface area (Å²) in [5, 5.41) is 3.60. The van der Waals surface area contributed by atoms with Crippen LogP contribution >= 0.6 is 11.6 Å². The van der Waals surface area contributed by atoms with Gasteiger partial charge in [-0.2, -0.15) is 0 Å². The molecule has 0 radical (unpaired) electrons. The zero-order valence-corrected chi connectivity index (χ0v) is 15.1. The Balaban J connectivity index is 2.00. The van der Waals surface area contributed by atoms with E-state index in [1.54, 1.807) is 36.3 Å². The summed E-state index contributed by atoms with van der Waals surface area (Å²) >= 11 is 6.28. The monoisotopic (exact) mass is 399 g/mol. The van der Waals surface area contributed by atoms with E-state index in [-0.39, 0.29) is 12.4 Å². The second-order valence-electron chi connectivity index (χ2n) is 5.67. The van der Waals surface area contributed by atoms with Crippen LogP contribution in [0.2, 0.25) is 5.02 Å². The maximum atomic E-state index is 12.6. The summed E-state index contributed by atoms with van der Waals surface area (Å²) in [6.45, 7) is 1.18. The molecule has 0 amide bonds. The third kappa shape index (κ3) is 4.64. The smallest absolute Gasteiger partial charge is 0.406 e.